The Morgan fingerprint density at radius 1 is 0.962 bits per heavy atom. The molecule has 0 unspecified atom stereocenters. The first-order valence-electron chi connectivity index (χ1n) is 9.52. The van der Waals surface area contributed by atoms with Gasteiger partial charge in [-0.3, -0.25) is 0 Å². The van der Waals surface area contributed by atoms with Crippen molar-refractivity contribution in [2.45, 2.75) is 68.7 Å². The van der Waals surface area contributed by atoms with Gasteiger partial charge >= 0.3 is 0 Å². The van der Waals surface area contributed by atoms with E-state index in [1.807, 2.05) is 18.2 Å². The summed E-state index contributed by atoms with van der Waals surface area (Å²) < 4.78 is 22.8. The van der Waals surface area contributed by atoms with Crippen LogP contribution in [-0.4, -0.2) is 39.5 Å². The van der Waals surface area contributed by atoms with Crippen molar-refractivity contribution in [1.29, 1.82) is 0 Å². The maximum Gasteiger partial charge on any atom is 0.167 e. The molecule has 2 aliphatic rings. The largest absolute Gasteiger partial charge is 0.493 e. The molecule has 1 aromatic carbocycles. The molecule has 0 aliphatic heterocycles. The molecule has 5 nitrogen and oxygen atoms in total. The third-order valence-corrected chi connectivity index (χ3v) is 6.21. The van der Waals surface area contributed by atoms with Gasteiger partial charge in [0.1, 0.15) is 6.29 Å². The van der Waals surface area contributed by atoms with Gasteiger partial charge in [0.25, 0.3) is 0 Å². The van der Waals surface area contributed by atoms with Crippen LogP contribution in [0.5, 0.6) is 11.5 Å². The van der Waals surface area contributed by atoms with Crippen LogP contribution in [0.15, 0.2) is 18.2 Å². The fourth-order valence-electron chi connectivity index (χ4n) is 4.31. The summed E-state index contributed by atoms with van der Waals surface area (Å²) in [5.41, 5.74) is 0.461. The van der Waals surface area contributed by atoms with Crippen LogP contribution in [0.1, 0.15) is 56.9 Å². The molecule has 0 amide bonds. The lowest BCUT2D eigenvalue weighted by molar-refractivity contribution is -0.228. The molecule has 1 aromatic rings. The molecule has 2 saturated carbocycles. The Morgan fingerprint density at radius 3 is 2.15 bits per heavy atom. The number of carbonyl (C=O) groups is 1. The van der Waals surface area contributed by atoms with Crippen LogP contribution in [0.2, 0.25) is 0 Å². The number of aldehydes is 1. The fourth-order valence-corrected chi connectivity index (χ4v) is 4.31. The highest BCUT2D eigenvalue weighted by molar-refractivity contribution is 5.70. The molecular weight excluding hydrogens is 332 g/mol. The van der Waals surface area contributed by atoms with Crippen molar-refractivity contribution in [1.82, 2.24) is 0 Å². The molecule has 0 bridgehead atoms. The first-order chi connectivity index (χ1) is 12.6. The lowest BCUT2D eigenvalue weighted by atomic mass is 9.68. The van der Waals surface area contributed by atoms with Crippen LogP contribution in [-0.2, 0) is 19.7 Å². The number of carbonyl (C=O) groups excluding carboxylic acids is 1. The van der Waals surface area contributed by atoms with Gasteiger partial charge < -0.3 is 23.7 Å². The molecular formula is C21H30O5. The summed E-state index contributed by atoms with van der Waals surface area (Å²) in [6.07, 6.45) is 8.65. The van der Waals surface area contributed by atoms with Gasteiger partial charge in [-0.2, -0.15) is 0 Å². The standard InChI is InChI=1S/C21H30O5/c1-23-18-9-8-16(14-19(18)26-17-6-4-5-7-17)20(15-22)10-12-21(24-2,25-3)13-11-20/h8-9,14-15,17H,4-7,10-13H2,1-3H3. The molecule has 0 N–H and O–H groups in total. The smallest absolute Gasteiger partial charge is 0.167 e. The maximum atomic E-state index is 12.1. The van der Waals surface area contributed by atoms with Gasteiger partial charge in [-0.15, -0.1) is 0 Å². The van der Waals surface area contributed by atoms with Gasteiger partial charge in [-0.25, -0.2) is 0 Å². The monoisotopic (exact) mass is 362 g/mol. The van der Waals surface area contributed by atoms with E-state index in [0.29, 0.717) is 25.7 Å². The first kappa shape index (κ1) is 19.2. The molecule has 3 rings (SSSR count). The number of methoxy groups -OCH3 is 3. The molecule has 26 heavy (non-hydrogen) atoms. The van der Waals surface area contributed by atoms with Gasteiger partial charge in [0.2, 0.25) is 0 Å². The van der Waals surface area contributed by atoms with Gasteiger partial charge in [0.15, 0.2) is 17.3 Å². The van der Waals surface area contributed by atoms with Gasteiger partial charge in [-0.05, 0) is 56.2 Å². The molecule has 0 heterocycles. The Bertz CT molecular complexity index is 607. The molecule has 0 aromatic heterocycles. The summed E-state index contributed by atoms with van der Waals surface area (Å²) in [5, 5.41) is 0. The first-order valence-corrected chi connectivity index (χ1v) is 9.52. The SMILES string of the molecule is COc1ccc(C2(C=O)CCC(OC)(OC)CC2)cc1OC1CCCC1. The summed E-state index contributed by atoms with van der Waals surface area (Å²) in [5.74, 6) is 0.886. The molecule has 144 valence electrons. The minimum absolute atomic E-state index is 0.243. The maximum absolute atomic E-state index is 12.1. The van der Waals surface area contributed by atoms with Crippen LogP contribution >= 0.6 is 0 Å². The Morgan fingerprint density at radius 2 is 1.62 bits per heavy atom. The van der Waals surface area contributed by atoms with Crippen molar-refractivity contribution in [2.75, 3.05) is 21.3 Å². The van der Waals surface area contributed by atoms with Gasteiger partial charge in [0.05, 0.1) is 18.6 Å². The minimum atomic E-state index is -0.581. The van der Waals surface area contributed by atoms with Crippen LogP contribution in [0.25, 0.3) is 0 Å². The second-order valence-corrected chi connectivity index (χ2v) is 7.48. The Kier molecular flexibility index (Phi) is 5.88. The fraction of sp³-hybridized carbons (Fsp3) is 0.667. The molecule has 0 saturated heterocycles. The van der Waals surface area contributed by atoms with Gasteiger partial charge in [0, 0.05) is 27.1 Å². The zero-order chi connectivity index (χ0) is 18.6. The predicted molar refractivity (Wildman–Crippen MR) is 98.8 cm³/mol. The van der Waals surface area contributed by atoms with E-state index in [0.717, 1.165) is 36.2 Å². The van der Waals surface area contributed by atoms with E-state index in [2.05, 4.69) is 0 Å². The summed E-state index contributed by atoms with van der Waals surface area (Å²) in [4.78, 5) is 12.1. The molecule has 0 atom stereocenters. The topological polar surface area (TPSA) is 54.0 Å². The third-order valence-electron chi connectivity index (χ3n) is 6.21. The summed E-state index contributed by atoms with van der Waals surface area (Å²) in [6.45, 7) is 0. The Balaban J connectivity index is 1.85. The van der Waals surface area contributed by atoms with E-state index in [1.54, 1.807) is 21.3 Å². The molecule has 0 radical (unpaired) electrons. The Labute approximate surface area is 156 Å². The van der Waals surface area contributed by atoms with Crippen molar-refractivity contribution < 1.29 is 23.7 Å². The Hall–Kier alpha value is -1.59. The second-order valence-electron chi connectivity index (χ2n) is 7.48. The highest BCUT2D eigenvalue weighted by atomic mass is 16.7. The van der Waals surface area contributed by atoms with Crippen LogP contribution in [0.4, 0.5) is 0 Å². The lowest BCUT2D eigenvalue weighted by Gasteiger charge is -2.42. The predicted octanol–water partition coefficient (Wildman–Crippen LogP) is 4.02. The third kappa shape index (κ3) is 3.60. The molecule has 0 spiro atoms. The number of ether oxygens (including phenoxy) is 4. The van der Waals surface area contributed by atoms with Crippen molar-refractivity contribution in [3.63, 3.8) is 0 Å². The van der Waals surface area contributed by atoms with Crippen molar-refractivity contribution in [3.05, 3.63) is 23.8 Å². The average molecular weight is 362 g/mol. The van der Waals surface area contributed by atoms with E-state index in [-0.39, 0.29) is 6.10 Å². The molecule has 2 aliphatic carbocycles. The number of hydrogen-bond acceptors (Lipinski definition) is 5. The zero-order valence-corrected chi connectivity index (χ0v) is 16.1. The number of hydrogen-bond donors (Lipinski definition) is 0. The highest BCUT2D eigenvalue weighted by Crippen LogP contribution is 2.45. The minimum Gasteiger partial charge on any atom is -0.493 e. The zero-order valence-electron chi connectivity index (χ0n) is 16.1. The lowest BCUT2D eigenvalue weighted by Crippen LogP contribution is -2.44. The van der Waals surface area contributed by atoms with E-state index < -0.39 is 11.2 Å². The highest BCUT2D eigenvalue weighted by Gasteiger charge is 2.44. The normalized spacial score (nSPS) is 22.1. The summed E-state index contributed by atoms with van der Waals surface area (Å²) in [6, 6.07) is 5.90. The second kappa shape index (κ2) is 7.97. The quantitative estimate of drug-likeness (QED) is 0.542. The molecule has 5 heteroatoms. The van der Waals surface area contributed by atoms with Crippen LogP contribution in [0, 0.1) is 0 Å². The van der Waals surface area contributed by atoms with Gasteiger partial charge in [-0.1, -0.05) is 6.07 Å². The van der Waals surface area contributed by atoms with E-state index in [1.165, 1.54) is 12.8 Å². The summed E-state index contributed by atoms with van der Waals surface area (Å²) >= 11 is 0. The molecule has 2 fully saturated rings. The van der Waals surface area contributed by atoms with Crippen LogP contribution in [0.3, 0.4) is 0 Å². The average Bonchev–Trinajstić information content (AvgIpc) is 3.21. The van der Waals surface area contributed by atoms with E-state index in [9.17, 15) is 4.79 Å². The van der Waals surface area contributed by atoms with Crippen molar-refractivity contribution in [2.24, 2.45) is 0 Å². The number of benzene rings is 1. The van der Waals surface area contributed by atoms with E-state index >= 15 is 0 Å². The summed E-state index contributed by atoms with van der Waals surface area (Å²) in [7, 11) is 4.98. The van der Waals surface area contributed by atoms with Crippen molar-refractivity contribution in [3.8, 4) is 11.5 Å². The van der Waals surface area contributed by atoms with Crippen LogP contribution < -0.4 is 9.47 Å². The van der Waals surface area contributed by atoms with E-state index in [4.69, 9.17) is 18.9 Å². The number of rotatable bonds is 7. The van der Waals surface area contributed by atoms with Crippen molar-refractivity contribution >= 4 is 6.29 Å².